The maximum Gasteiger partial charge on any atom is 0.212 e. The summed E-state index contributed by atoms with van der Waals surface area (Å²) in [5.41, 5.74) is 0. The van der Waals surface area contributed by atoms with Crippen LogP contribution in [0.4, 0.5) is 0 Å². The molecule has 0 aromatic heterocycles. The first-order valence-corrected chi connectivity index (χ1v) is 3.16. The highest BCUT2D eigenvalue weighted by molar-refractivity contribution is 5.80. The van der Waals surface area contributed by atoms with Crippen LogP contribution in [-0.4, -0.2) is 30.3 Å². The molecule has 0 aromatic carbocycles. The van der Waals surface area contributed by atoms with Gasteiger partial charge in [0, 0.05) is 13.0 Å². The predicted molar refractivity (Wildman–Crippen MR) is 34.6 cm³/mol. The van der Waals surface area contributed by atoms with Crippen molar-refractivity contribution < 1.29 is 9.84 Å². The Morgan fingerprint density at radius 2 is 2.56 bits per heavy atom. The first-order valence-electron chi connectivity index (χ1n) is 3.16. The minimum absolute atomic E-state index is 0.487. The molecule has 52 valence electrons. The molecule has 1 heterocycles. The molecule has 9 heavy (non-hydrogen) atoms. The Labute approximate surface area is 54.4 Å². The molecule has 3 nitrogen and oxygen atoms in total. The van der Waals surface area contributed by atoms with E-state index in [4.69, 9.17) is 9.84 Å². The molecule has 0 saturated heterocycles. The third-order valence-electron chi connectivity index (χ3n) is 1.18. The third-order valence-corrected chi connectivity index (χ3v) is 1.18. The SMILES string of the molecule is CC(O)C1=NCCCO1. The van der Waals surface area contributed by atoms with Gasteiger partial charge in [0.05, 0.1) is 6.61 Å². The third kappa shape index (κ3) is 1.68. The van der Waals surface area contributed by atoms with Gasteiger partial charge in [0.2, 0.25) is 5.90 Å². The Morgan fingerprint density at radius 1 is 1.78 bits per heavy atom. The number of hydrogen-bond acceptors (Lipinski definition) is 3. The molecule has 0 fully saturated rings. The van der Waals surface area contributed by atoms with E-state index in [0.29, 0.717) is 12.5 Å². The molecule has 1 rings (SSSR count). The zero-order valence-corrected chi connectivity index (χ0v) is 5.50. The number of rotatable bonds is 1. The van der Waals surface area contributed by atoms with Crippen LogP contribution < -0.4 is 0 Å². The van der Waals surface area contributed by atoms with E-state index in [-0.39, 0.29) is 0 Å². The Kier molecular flexibility index (Phi) is 2.05. The topological polar surface area (TPSA) is 41.8 Å². The number of hydrogen-bond donors (Lipinski definition) is 1. The van der Waals surface area contributed by atoms with E-state index in [1.54, 1.807) is 6.92 Å². The van der Waals surface area contributed by atoms with E-state index >= 15 is 0 Å². The standard InChI is InChI=1S/C6H11NO2/c1-5(8)6-7-3-2-4-9-6/h5,8H,2-4H2,1H3. The maximum absolute atomic E-state index is 8.92. The second-order valence-electron chi connectivity index (χ2n) is 2.10. The number of aliphatic hydroxyl groups is 1. The summed E-state index contributed by atoms with van der Waals surface area (Å²) < 4.78 is 5.04. The minimum atomic E-state index is -0.537. The fourth-order valence-electron chi connectivity index (χ4n) is 0.729. The Balaban J connectivity index is 2.46. The normalized spacial score (nSPS) is 22.2. The van der Waals surface area contributed by atoms with E-state index in [1.165, 1.54) is 0 Å². The molecule has 1 aliphatic heterocycles. The van der Waals surface area contributed by atoms with Gasteiger partial charge in [-0.05, 0) is 6.92 Å². The molecular formula is C6H11NO2. The molecule has 0 aromatic rings. The van der Waals surface area contributed by atoms with E-state index in [2.05, 4.69) is 4.99 Å². The van der Waals surface area contributed by atoms with Crippen LogP contribution in [0.3, 0.4) is 0 Å². The first kappa shape index (κ1) is 6.55. The summed E-state index contributed by atoms with van der Waals surface area (Å²) in [6.45, 7) is 3.15. The highest BCUT2D eigenvalue weighted by atomic mass is 16.5. The largest absolute Gasteiger partial charge is 0.479 e. The highest BCUT2D eigenvalue weighted by Gasteiger charge is 2.10. The van der Waals surface area contributed by atoms with Crippen molar-refractivity contribution in [3.8, 4) is 0 Å². The number of aliphatic imine (C=N–C) groups is 1. The maximum atomic E-state index is 8.92. The van der Waals surface area contributed by atoms with E-state index in [9.17, 15) is 0 Å². The van der Waals surface area contributed by atoms with Crippen LogP contribution in [0.2, 0.25) is 0 Å². The second-order valence-corrected chi connectivity index (χ2v) is 2.10. The van der Waals surface area contributed by atoms with Gasteiger partial charge >= 0.3 is 0 Å². The van der Waals surface area contributed by atoms with Crippen molar-refractivity contribution >= 4 is 5.90 Å². The van der Waals surface area contributed by atoms with Crippen LogP contribution in [0.25, 0.3) is 0 Å². The summed E-state index contributed by atoms with van der Waals surface area (Å²) in [7, 11) is 0. The van der Waals surface area contributed by atoms with Crippen LogP contribution in [0.15, 0.2) is 4.99 Å². The van der Waals surface area contributed by atoms with Gasteiger partial charge in [-0.1, -0.05) is 0 Å². The van der Waals surface area contributed by atoms with Gasteiger partial charge < -0.3 is 9.84 Å². The fraction of sp³-hybridized carbons (Fsp3) is 0.833. The molecule has 1 atom stereocenters. The van der Waals surface area contributed by atoms with E-state index in [0.717, 1.165) is 13.0 Å². The van der Waals surface area contributed by atoms with Crippen LogP contribution in [0.1, 0.15) is 13.3 Å². The average molecular weight is 129 g/mol. The number of aliphatic hydroxyl groups excluding tert-OH is 1. The zero-order valence-electron chi connectivity index (χ0n) is 5.50. The molecule has 0 spiro atoms. The van der Waals surface area contributed by atoms with Crippen molar-refractivity contribution in [2.24, 2.45) is 4.99 Å². The summed E-state index contributed by atoms with van der Waals surface area (Å²) >= 11 is 0. The van der Waals surface area contributed by atoms with Gasteiger partial charge in [-0.25, -0.2) is 0 Å². The lowest BCUT2D eigenvalue weighted by Gasteiger charge is -2.14. The lowest BCUT2D eigenvalue weighted by Crippen LogP contribution is -2.24. The quantitative estimate of drug-likeness (QED) is 0.549. The zero-order chi connectivity index (χ0) is 6.69. The molecular weight excluding hydrogens is 118 g/mol. The molecule has 0 aliphatic carbocycles. The van der Waals surface area contributed by atoms with Crippen molar-refractivity contribution in [1.29, 1.82) is 0 Å². The molecule has 3 heteroatoms. The van der Waals surface area contributed by atoms with E-state index < -0.39 is 6.10 Å². The summed E-state index contributed by atoms with van der Waals surface area (Å²) in [6, 6.07) is 0. The van der Waals surface area contributed by atoms with Crippen molar-refractivity contribution in [2.45, 2.75) is 19.4 Å². The number of ether oxygens (including phenoxy) is 1. The summed E-state index contributed by atoms with van der Waals surface area (Å²) in [6.07, 6.45) is 0.432. The minimum Gasteiger partial charge on any atom is -0.479 e. The van der Waals surface area contributed by atoms with Gasteiger partial charge in [0.15, 0.2) is 0 Å². The second kappa shape index (κ2) is 2.82. The highest BCUT2D eigenvalue weighted by Crippen LogP contribution is 1.99. The summed E-state index contributed by atoms with van der Waals surface area (Å²) in [4.78, 5) is 3.97. The van der Waals surface area contributed by atoms with Crippen molar-refractivity contribution in [2.75, 3.05) is 13.2 Å². The van der Waals surface area contributed by atoms with Crippen LogP contribution >= 0.6 is 0 Å². The van der Waals surface area contributed by atoms with Crippen LogP contribution in [0.5, 0.6) is 0 Å². The molecule has 0 saturated carbocycles. The molecule has 0 bridgehead atoms. The Bertz CT molecular complexity index is 120. The molecule has 1 unspecified atom stereocenters. The van der Waals surface area contributed by atoms with Gasteiger partial charge in [-0.15, -0.1) is 0 Å². The molecule has 1 aliphatic rings. The summed E-state index contributed by atoms with van der Waals surface area (Å²) in [5.74, 6) is 0.487. The van der Waals surface area contributed by atoms with Crippen LogP contribution in [-0.2, 0) is 4.74 Å². The van der Waals surface area contributed by atoms with Crippen molar-refractivity contribution in [3.05, 3.63) is 0 Å². The van der Waals surface area contributed by atoms with Gasteiger partial charge in [-0.2, -0.15) is 0 Å². The van der Waals surface area contributed by atoms with Crippen LogP contribution in [0, 0.1) is 0 Å². The molecule has 0 amide bonds. The van der Waals surface area contributed by atoms with Crippen molar-refractivity contribution in [1.82, 2.24) is 0 Å². The Hall–Kier alpha value is -0.570. The predicted octanol–water partition coefficient (Wildman–Crippen LogP) is 0.186. The lowest BCUT2D eigenvalue weighted by molar-refractivity contribution is 0.188. The fourth-order valence-corrected chi connectivity index (χ4v) is 0.729. The monoisotopic (exact) mass is 129 g/mol. The Morgan fingerprint density at radius 3 is 2.89 bits per heavy atom. The average Bonchev–Trinajstić information content (AvgIpc) is 1.90. The summed E-state index contributed by atoms with van der Waals surface area (Å²) in [5, 5.41) is 8.92. The van der Waals surface area contributed by atoms with Gasteiger partial charge in [0.1, 0.15) is 6.10 Å². The molecule has 0 radical (unpaired) electrons. The van der Waals surface area contributed by atoms with Gasteiger partial charge in [0.25, 0.3) is 0 Å². The lowest BCUT2D eigenvalue weighted by atomic mass is 10.3. The molecule has 1 N–H and O–H groups in total. The number of nitrogens with zero attached hydrogens (tertiary/aromatic N) is 1. The van der Waals surface area contributed by atoms with E-state index in [1.807, 2.05) is 0 Å². The smallest absolute Gasteiger partial charge is 0.212 e. The first-order chi connectivity index (χ1) is 4.30. The van der Waals surface area contributed by atoms with Gasteiger partial charge in [-0.3, -0.25) is 4.99 Å². The van der Waals surface area contributed by atoms with Crippen molar-refractivity contribution in [3.63, 3.8) is 0 Å².